The summed E-state index contributed by atoms with van der Waals surface area (Å²) in [6.45, 7) is 7.57. The maximum atomic E-state index is 9.98. The van der Waals surface area contributed by atoms with Crippen LogP contribution in [0.3, 0.4) is 0 Å². The molecule has 76 valence electrons. The number of halogens is 1. The molecule has 0 fully saturated rings. The molecule has 1 N–H and O–H groups in total. The first kappa shape index (κ1) is 12.7. The molecule has 2 atom stereocenters. The van der Waals surface area contributed by atoms with Gasteiger partial charge in [0.1, 0.15) is 0 Å². The maximum absolute atomic E-state index is 9.98. The van der Waals surface area contributed by atoms with Crippen LogP contribution in [0, 0.1) is 0 Å². The highest BCUT2D eigenvalue weighted by Gasteiger charge is 2.21. The molecule has 0 aromatic carbocycles. The van der Waals surface area contributed by atoms with Crippen molar-refractivity contribution in [3.8, 4) is 0 Å². The molecular weight excluding hydrogens is 184 g/mol. The number of aliphatic hydroxyl groups is 1. The third-order valence-electron chi connectivity index (χ3n) is 2.07. The zero-order valence-electron chi connectivity index (χ0n) is 8.84. The molecule has 0 aliphatic rings. The largest absolute Gasteiger partial charge is 0.385 e. The molecule has 0 saturated heterocycles. The molecule has 0 spiro atoms. The van der Waals surface area contributed by atoms with Gasteiger partial charge in [-0.1, -0.05) is 25.2 Å². The molecule has 2 unspecified atom stereocenters. The van der Waals surface area contributed by atoms with Crippen LogP contribution in [0.4, 0.5) is 0 Å². The Morgan fingerprint density at radius 2 is 2.15 bits per heavy atom. The van der Waals surface area contributed by atoms with E-state index in [-0.39, 0.29) is 5.38 Å². The standard InChI is InChI=1S/C11H19ClO/c1-5-7-10(8-9(3)12)11(4,13)6-2/h5,7-9,13H,6H2,1-4H3/b7-5-,10-8+. The van der Waals surface area contributed by atoms with E-state index >= 15 is 0 Å². The van der Waals surface area contributed by atoms with Gasteiger partial charge in [0.05, 0.1) is 5.60 Å². The fraction of sp³-hybridized carbons (Fsp3) is 0.636. The Hall–Kier alpha value is -0.270. The maximum Gasteiger partial charge on any atom is 0.0863 e. The Morgan fingerprint density at radius 1 is 1.62 bits per heavy atom. The van der Waals surface area contributed by atoms with Gasteiger partial charge in [0.15, 0.2) is 0 Å². The van der Waals surface area contributed by atoms with E-state index in [4.69, 9.17) is 11.6 Å². The van der Waals surface area contributed by atoms with E-state index in [0.29, 0.717) is 6.42 Å². The van der Waals surface area contributed by atoms with Crippen molar-refractivity contribution < 1.29 is 5.11 Å². The molecule has 0 aromatic rings. The predicted molar refractivity (Wildman–Crippen MR) is 59.1 cm³/mol. The first-order chi connectivity index (χ1) is 5.94. The molecule has 13 heavy (non-hydrogen) atoms. The van der Waals surface area contributed by atoms with Crippen LogP contribution >= 0.6 is 11.6 Å². The first-order valence-corrected chi connectivity index (χ1v) is 5.09. The molecule has 2 heteroatoms. The monoisotopic (exact) mass is 202 g/mol. The normalized spacial score (nSPS) is 20.3. The minimum absolute atomic E-state index is 0.0516. The van der Waals surface area contributed by atoms with Gasteiger partial charge in [-0.05, 0) is 32.8 Å². The lowest BCUT2D eigenvalue weighted by molar-refractivity contribution is 0.0980. The third kappa shape index (κ3) is 4.49. The van der Waals surface area contributed by atoms with Gasteiger partial charge in [-0.25, -0.2) is 0 Å². The van der Waals surface area contributed by atoms with Crippen LogP contribution in [0.25, 0.3) is 0 Å². The van der Waals surface area contributed by atoms with Crippen LogP contribution in [-0.2, 0) is 0 Å². The third-order valence-corrected chi connectivity index (χ3v) is 2.19. The summed E-state index contributed by atoms with van der Waals surface area (Å²) in [5, 5.41) is 9.93. The molecule has 0 aliphatic carbocycles. The Labute approximate surface area is 86.1 Å². The SMILES string of the molecule is C/C=C\C(=C/C(C)Cl)C(C)(O)CC. The topological polar surface area (TPSA) is 20.2 Å². The van der Waals surface area contributed by atoms with Gasteiger partial charge in [0.25, 0.3) is 0 Å². The molecule has 0 radical (unpaired) electrons. The van der Waals surface area contributed by atoms with Crippen LogP contribution < -0.4 is 0 Å². The molecule has 0 aliphatic heterocycles. The Bertz CT molecular complexity index is 202. The van der Waals surface area contributed by atoms with Crippen molar-refractivity contribution in [3.05, 3.63) is 23.8 Å². The van der Waals surface area contributed by atoms with Crippen molar-refractivity contribution >= 4 is 11.6 Å². The van der Waals surface area contributed by atoms with E-state index in [1.165, 1.54) is 0 Å². The van der Waals surface area contributed by atoms with Gasteiger partial charge in [0.2, 0.25) is 0 Å². The summed E-state index contributed by atoms with van der Waals surface area (Å²) in [5.41, 5.74) is 0.121. The number of hydrogen-bond acceptors (Lipinski definition) is 1. The van der Waals surface area contributed by atoms with E-state index in [0.717, 1.165) is 5.57 Å². The van der Waals surface area contributed by atoms with Crippen LogP contribution in [-0.4, -0.2) is 16.1 Å². The van der Waals surface area contributed by atoms with Gasteiger partial charge >= 0.3 is 0 Å². The van der Waals surface area contributed by atoms with Crippen molar-refractivity contribution in [2.45, 2.75) is 45.1 Å². The molecule has 0 amide bonds. The molecule has 0 rings (SSSR count). The summed E-state index contributed by atoms with van der Waals surface area (Å²) >= 11 is 5.85. The first-order valence-electron chi connectivity index (χ1n) is 4.65. The smallest absolute Gasteiger partial charge is 0.0863 e. The fourth-order valence-electron chi connectivity index (χ4n) is 1.05. The summed E-state index contributed by atoms with van der Waals surface area (Å²) in [6.07, 6.45) is 6.38. The highest BCUT2D eigenvalue weighted by Crippen LogP contribution is 2.22. The summed E-state index contributed by atoms with van der Waals surface area (Å²) in [6, 6.07) is 0. The summed E-state index contributed by atoms with van der Waals surface area (Å²) in [4.78, 5) is 0. The van der Waals surface area contributed by atoms with E-state index in [2.05, 4.69) is 0 Å². The van der Waals surface area contributed by atoms with Crippen LogP contribution in [0.5, 0.6) is 0 Å². The highest BCUT2D eigenvalue weighted by molar-refractivity contribution is 6.21. The van der Waals surface area contributed by atoms with Gasteiger partial charge in [-0.2, -0.15) is 0 Å². The van der Waals surface area contributed by atoms with E-state index in [9.17, 15) is 5.11 Å². The molecule has 0 saturated carbocycles. The number of alkyl halides is 1. The average Bonchev–Trinajstić information content (AvgIpc) is 2.03. The van der Waals surface area contributed by atoms with E-state index in [1.807, 2.05) is 39.0 Å². The fourth-order valence-corrected chi connectivity index (χ4v) is 1.18. The van der Waals surface area contributed by atoms with E-state index < -0.39 is 5.60 Å². The van der Waals surface area contributed by atoms with Crippen molar-refractivity contribution in [1.82, 2.24) is 0 Å². The van der Waals surface area contributed by atoms with Crippen LogP contribution in [0.1, 0.15) is 34.1 Å². The summed E-state index contributed by atoms with van der Waals surface area (Å²) < 4.78 is 0. The van der Waals surface area contributed by atoms with Crippen LogP contribution in [0.2, 0.25) is 0 Å². The number of rotatable bonds is 4. The van der Waals surface area contributed by atoms with Crippen molar-refractivity contribution in [2.75, 3.05) is 0 Å². The van der Waals surface area contributed by atoms with Gasteiger partial charge in [-0.15, -0.1) is 11.6 Å². The minimum atomic E-state index is -0.768. The van der Waals surface area contributed by atoms with Gasteiger partial charge in [-0.3, -0.25) is 0 Å². The van der Waals surface area contributed by atoms with Gasteiger partial charge < -0.3 is 5.11 Å². The lowest BCUT2D eigenvalue weighted by Crippen LogP contribution is -2.25. The summed E-state index contributed by atoms with van der Waals surface area (Å²) in [7, 11) is 0. The highest BCUT2D eigenvalue weighted by atomic mass is 35.5. The van der Waals surface area contributed by atoms with Gasteiger partial charge in [0, 0.05) is 5.38 Å². The summed E-state index contributed by atoms with van der Waals surface area (Å²) in [5.74, 6) is 0. The lowest BCUT2D eigenvalue weighted by Gasteiger charge is -2.23. The lowest BCUT2D eigenvalue weighted by atomic mass is 9.92. The molecular formula is C11H19ClO. The Kier molecular flexibility index (Phi) is 5.34. The van der Waals surface area contributed by atoms with Crippen LogP contribution in [0.15, 0.2) is 23.8 Å². The van der Waals surface area contributed by atoms with Crippen molar-refractivity contribution in [1.29, 1.82) is 0 Å². The Balaban J connectivity index is 4.81. The molecule has 1 nitrogen and oxygen atoms in total. The second kappa shape index (κ2) is 5.46. The number of allylic oxidation sites excluding steroid dienone is 2. The zero-order valence-corrected chi connectivity index (χ0v) is 9.60. The molecule has 0 aromatic heterocycles. The number of hydrogen-bond donors (Lipinski definition) is 1. The predicted octanol–water partition coefficient (Wildman–Crippen LogP) is 3.28. The second-order valence-corrected chi connectivity index (χ2v) is 4.12. The van der Waals surface area contributed by atoms with Crippen molar-refractivity contribution in [3.63, 3.8) is 0 Å². The average molecular weight is 203 g/mol. The molecule has 0 heterocycles. The Morgan fingerprint density at radius 3 is 2.46 bits per heavy atom. The van der Waals surface area contributed by atoms with E-state index in [1.54, 1.807) is 6.92 Å². The second-order valence-electron chi connectivity index (χ2n) is 3.43. The quantitative estimate of drug-likeness (QED) is 0.548. The van der Waals surface area contributed by atoms with Crippen molar-refractivity contribution in [2.24, 2.45) is 0 Å². The zero-order chi connectivity index (χ0) is 10.5. The minimum Gasteiger partial charge on any atom is -0.385 e. The molecule has 0 bridgehead atoms.